The number of hydrogen-bond acceptors (Lipinski definition) is 5. The Balaban J connectivity index is 1.68. The van der Waals surface area contributed by atoms with E-state index >= 15 is 0 Å². The molecular weight excluding hydrogens is 356 g/mol. The highest BCUT2D eigenvalue weighted by Gasteiger charge is 2.31. The second-order valence-electron chi connectivity index (χ2n) is 7.34. The largest absolute Gasteiger partial charge is 0.393 e. The maximum Gasteiger partial charge on any atom is 0.278 e. The number of carbonyl (C=O) groups excluding carboxylic acids is 1. The molecule has 2 aromatic carbocycles. The van der Waals surface area contributed by atoms with E-state index in [0.717, 1.165) is 10.2 Å². The average Bonchev–Trinajstić information content (AvgIpc) is 2.69. The first-order valence-electron chi connectivity index (χ1n) is 9.20. The molecule has 2 atom stereocenters. The quantitative estimate of drug-likeness (QED) is 0.648. The number of rotatable bonds is 7. The second kappa shape index (κ2) is 8.31. The Kier molecular flexibility index (Phi) is 5.84. The van der Waals surface area contributed by atoms with Gasteiger partial charge in [0.1, 0.15) is 12.1 Å². The lowest BCUT2D eigenvalue weighted by Crippen LogP contribution is -2.45. The summed E-state index contributed by atoms with van der Waals surface area (Å²) in [5, 5.41) is 21.3. The fourth-order valence-electron chi connectivity index (χ4n) is 3.04. The van der Waals surface area contributed by atoms with Crippen molar-refractivity contribution in [3.63, 3.8) is 0 Å². The van der Waals surface area contributed by atoms with Crippen molar-refractivity contribution in [2.75, 3.05) is 6.54 Å². The molecule has 0 saturated heterocycles. The zero-order valence-electron chi connectivity index (χ0n) is 16.0. The minimum Gasteiger partial charge on any atom is -0.393 e. The van der Waals surface area contributed by atoms with Gasteiger partial charge in [-0.05, 0) is 31.0 Å². The van der Waals surface area contributed by atoms with Gasteiger partial charge in [0, 0.05) is 12.0 Å². The van der Waals surface area contributed by atoms with Gasteiger partial charge in [-0.1, -0.05) is 54.6 Å². The smallest absolute Gasteiger partial charge is 0.278 e. The van der Waals surface area contributed by atoms with E-state index in [2.05, 4.69) is 15.6 Å². The number of nitrogens with one attached hydrogen (secondary N) is 1. The molecule has 0 spiro atoms. The number of fused-ring (bicyclic) bond motifs is 1. The van der Waals surface area contributed by atoms with Crippen LogP contribution in [-0.4, -0.2) is 38.7 Å². The van der Waals surface area contributed by atoms with Crippen molar-refractivity contribution < 1.29 is 9.90 Å². The van der Waals surface area contributed by atoms with Gasteiger partial charge in [0.15, 0.2) is 0 Å². The highest BCUT2D eigenvalue weighted by Crippen LogP contribution is 2.26. The van der Waals surface area contributed by atoms with Crippen molar-refractivity contribution in [2.45, 2.75) is 32.9 Å². The van der Waals surface area contributed by atoms with E-state index in [-0.39, 0.29) is 24.6 Å². The maximum absolute atomic E-state index is 12.5. The van der Waals surface area contributed by atoms with Crippen molar-refractivity contribution in [3.05, 3.63) is 70.5 Å². The SMILES string of the molecule is C[C@H](O)[C@@](C)(CNC(=O)Cn1nnc2ccccc2c1=O)Cc1ccccc1. The average molecular weight is 380 g/mol. The summed E-state index contributed by atoms with van der Waals surface area (Å²) in [4.78, 5) is 24.9. The van der Waals surface area contributed by atoms with Gasteiger partial charge >= 0.3 is 0 Å². The lowest BCUT2D eigenvalue weighted by atomic mass is 9.79. The highest BCUT2D eigenvalue weighted by molar-refractivity contribution is 5.78. The van der Waals surface area contributed by atoms with Crippen molar-refractivity contribution in [3.8, 4) is 0 Å². The number of benzene rings is 2. The molecular formula is C21H24N4O3. The third-order valence-electron chi connectivity index (χ3n) is 5.07. The molecule has 1 heterocycles. The second-order valence-corrected chi connectivity index (χ2v) is 7.34. The summed E-state index contributed by atoms with van der Waals surface area (Å²) in [6.07, 6.45) is -0.0159. The van der Waals surface area contributed by atoms with Crippen LogP contribution in [0.15, 0.2) is 59.4 Å². The van der Waals surface area contributed by atoms with Crippen LogP contribution in [0.2, 0.25) is 0 Å². The molecule has 0 aliphatic rings. The van der Waals surface area contributed by atoms with Crippen LogP contribution < -0.4 is 10.9 Å². The number of hydrogen-bond donors (Lipinski definition) is 2. The van der Waals surface area contributed by atoms with Crippen LogP contribution >= 0.6 is 0 Å². The zero-order chi connectivity index (χ0) is 20.1. The maximum atomic E-state index is 12.5. The summed E-state index contributed by atoms with van der Waals surface area (Å²) in [5.74, 6) is -0.355. The van der Waals surface area contributed by atoms with E-state index in [9.17, 15) is 14.7 Å². The van der Waals surface area contributed by atoms with E-state index in [4.69, 9.17) is 0 Å². The van der Waals surface area contributed by atoms with E-state index in [1.54, 1.807) is 31.2 Å². The van der Waals surface area contributed by atoms with E-state index in [0.29, 0.717) is 17.3 Å². The monoisotopic (exact) mass is 380 g/mol. The van der Waals surface area contributed by atoms with E-state index in [1.165, 1.54) is 0 Å². The van der Waals surface area contributed by atoms with Gasteiger partial charge < -0.3 is 10.4 Å². The number of aliphatic hydroxyl groups excluding tert-OH is 1. The molecule has 1 amide bonds. The summed E-state index contributed by atoms with van der Waals surface area (Å²) in [6, 6.07) is 16.7. The molecule has 1 aromatic heterocycles. The Labute approximate surface area is 163 Å². The van der Waals surface area contributed by atoms with Gasteiger partial charge in [0.05, 0.1) is 11.5 Å². The Morgan fingerprint density at radius 1 is 1.18 bits per heavy atom. The number of aromatic nitrogens is 3. The van der Waals surface area contributed by atoms with Crippen molar-refractivity contribution in [1.82, 2.24) is 20.3 Å². The predicted octanol–water partition coefficient (Wildman–Crippen LogP) is 1.54. The third kappa shape index (κ3) is 4.43. The topological polar surface area (TPSA) is 97.1 Å². The summed E-state index contributed by atoms with van der Waals surface area (Å²) < 4.78 is 1.05. The predicted molar refractivity (Wildman–Crippen MR) is 107 cm³/mol. The zero-order valence-corrected chi connectivity index (χ0v) is 16.0. The summed E-state index contributed by atoms with van der Waals surface area (Å²) >= 11 is 0. The number of carbonyl (C=O) groups is 1. The van der Waals surface area contributed by atoms with Gasteiger partial charge in [-0.25, -0.2) is 4.68 Å². The fourth-order valence-corrected chi connectivity index (χ4v) is 3.04. The number of aliphatic hydroxyl groups is 1. The van der Waals surface area contributed by atoms with Crippen LogP contribution in [0.4, 0.5) is 0 Å². The summed E-state index contributed by atoms with van der Waals surface area (Å²) in [7, 11) is 0. The molecule has 0 fully saturated rings. The molecule has 3 aromatic rings. The van der Waals surface area contributed by atoms with Gasteiger partial charge in [0.25, 0.3) is 5.56 Å². The minimum absolute atomic E-state index is 0.224. The first-order chi connectivity index (χ1) is 13.4. The standard InChI is InChI=1S/C21H24N4O3/c1-15(26)21(2,12-16-8-4-3-5-9-16)14-22-19(27)13-25-20(28)17-10-6-7-11-18(17)23-24-25/h3-11,15,26H,12-14H2,1-2H3,(H,22,27)/t15-,21+/m0/s1. The molecule has 3 rings (SSSR count). The van der Waals surface area contributed by atoms with Gasteiger partial charge in [-0.15, -0.1) is 5.10 Å². The van der Waals surface area contributed by atoms with Crippen molar-refractivity contribution >= 4 is 16.8 Å². The highest BCUT2D eigenvalue weighted by atomic mass is 16.3. The minimum atomic E-state index is -0.629. The molecule has 146 valence electrons. The van der Waals surface area contributed by atoms with E-state index in [1.807, 2.05) is 37.3 Å². The number of amides is 1. The Bertz CT molecular complexity index is 1020. The van der Waals surface area contributed by atoms with Crippen LogP contribution in [0.25, 0.3) is 10.9 Å². The first kappa shape index (κ1) is 19.7. The number of nitrogens with zero attached hydrogens (tertiary/aromatic N) is 3. The van der Waals surface area contributed by atoms with E-state index < -0.39 is 11.5 Å². The molecule has 0 aliphatic heterocycles. The third-order valence-corrected chi connectivity index (χ3v) is 5.07. The van der Waals surface area contributed by atoms with Crippen LogP contribution in [-0.2, 0) is 17.8 Å². The molecule has 7 nitrogen and oxygen atoms in total. The van der Waals surface area contributed by atoms with Gasteiger partial charge in [0.2, 0.25) is 5.91 Å². The molecule has 0 saturated carbocycles. The van der Waals surface area contributed by atoms with Gasteiger partial charge in [-0.2, -0.15) is 0 Å². The Hall–Kier alpha value is -3.06. The van der Waals surface area contributed by atoms with Gasteiger partial charge in [-0.3, -0.25) is 9.59 Å². The Morgan fingerprint density at radius 3 is 2.57 bits per heavy atom. The molecule has 0 radical (unpaired) electrons. The van der Waals surface area contributed by atoms with Crippen molar-refractivity contribution in [2.24, 2.45) is 5.41 Å². The van der Waals surface area contributed by atoms with Crippen LogP contribution in [0.1, 0.15) is 19.4 Å². The summed E-state index contributed by atoms with van der Waals surface area (Å²) in [6.45, 7) is 3.69. The van der Waals surface area contributed by atoms with Crippen LogP contribution in [0, 0.1) is 5.41 Å². The van der Waals surface area contributed by atoms with Crippen LogP contribution in [0.3, 0.4) is 0 Å². The lowest BCUT2D eigenvalue weighted by molar-refractivity contribution is -0.122. The molecule has 0 aliphatic carbocycles. The van der Waals surface area contributed by atoms with Crippen LogP contribution in [0.5, 0.6) is 0 Å². The molecule has 0 bridgehead atoms. The molecule has 28 heavy (non-hydrogen) atoms. The molecule has 2 N–H and O–H groups in total. The lowest BCUT2D eigenvalue weighted by Gasteiger charge is -2.33. The molecule has 0 unspecified atom stereocenters. The fraction of sp³-hybridized carbons (Fsp3) is 0.333. The normalized spacial score (nSPS) is 14.4. The summed E-state index contributed by atoms with van der Waals surface area (Å²) in [5.41, 5.74) is 0.672. The molecule has 7 heteroatoms. The first-order valence-corrected chi connectivity index (χ1v) is 9.20. The Morgan fingerprint density at radius 2 is 1.86 bits per heavy atom. The van der Waals surface area contributed by atoms with Crippen molar-refractivity contribution in [1.29, 1.82) is 0 Å².